The summed E-state index contributed by atoms with van der Waals surface area (Å²) in [6.07, 6.45) is 14.3. The van der Waals surface area contributed by atoms with Crippen molar-refractivity contribution in [3.05, 3.63) is 24.8 Å². The molecular formula is C19H30N2O. The molecule has 22 heavy (non-hydrogen) atoms. The van der Waals surface area contributed by atoms with E-state index in [1.807, 2.05) is 6.08 Å². The third-order valence-electron chi connectivity index (χ3n) is 6.19. The molecule has 3 aliphatic rings. The third-order valence-corrected chi connectivity index (χ3v) is 6.19. The maximum Gasteiger partial charge on any atom is 0.228 e. The molecule has 0 aromatic heterocycles. The van der Waals surface area contributed by atoms with Crippen LogP contribution < -0.4 is 0 Å². The van der Waals surface area contributed by atoms with Crippen LogP contribution in [0, 0.1) is 5.41 Å². The van der Waals surface area contributed by atoms with E-state index in [0.717, 1.165) is 51.7 Å². The van der Waals surface area contributed by atoms with Gasteiger partial charge in [-0.1, -0.05) is 25.2 Å². The molecule has 0 radical (unpaired) electrons. The van der Waals surface area contributed by atoms with Crippen LogP contribution in [0.4, 0.5) is 0 Å². The van der Waals surface area contributed by atoms with Crippen molar-refractivity contribution in [2.24, 2.45) is 5.41 Å². The Morgan fingerprint density at radius 1 is 1.18 bits per heavy atom. The van der Waals surface area contributed by atoms with Crippen molar-refractivity contribution in [1.29, 1.82) is 0 Å². The number of carbonyl (C=O) groups is 1. The van der Waals surface area contributed by atoms with Gasteiger partial charge >= 0.3 is 0 Å². The zero-order chi connectivity index (χ0) is 15.6. The first-order valence-corrected chi connectivity index (χ1v) is 8.90. The minimum atomic E-state index is -0.157. The Morgan fingerprint density at radius 2 is 1.95 bits per heavy atom. The zero-order valence-corrected chi connectivity index (χ0v) is 14.0. The second kappa shape index (κ2) is 6.19. The Hall–Kier alpha value is -1.09. The molecule has 3 nitrogen and oxygen atoms in total. The topological polar surface area (TPSA) is 23.6 Å². The van der Waals surface area contributed by atoms with Gasteiger partial charge in [0.1, 0.15) is 0 Å². The van der Waals surface area contributed by atoms with Crippen LogP contribution in [-0.4, -0.2) is 47.4 Å². The number of hydrogen-bond acceptors (Lipinski definition) is 2. The summed E-state index contributed by atoms with van der Waals surface area (Å²) in [5.74, 6) is 0.389. The quantitative estimate of drug-likeness (QED) is 0.746. The fourth-order valence-corrected chi connectivity index (χ4v) is 4.67. The number of piperidine rings is 1. The SMILES string of the molecule is C=CCN1CCCC12CCN(C(=O)C1(C)CC=CCC1)CC2. The van der Waals surface area contributed by atoms with Crippen molar-refractivity contribution in [2.75, 3.05) is 26.2 Å². The van der Waals surface area contributed by atoms with Gasteiger partial charge in [-0.05, 0) is 51.5 Å². The van der Waals surface area contributed by atoms with Gasteiger partial charge in [0.15, 0.2) is 0 Å². The standard InChI is InChI=1S/C19H30N2O/c1-3-13-21-14-7-10-19(21)11-15-20(16-12-19)17(22)18(2)8-5-4-6-9-18/h3-5H,1,6-16H2,2H3. The molecule has 0 aromatic rings. The van der Waals surface area contributed by atoms with Crippen molar-refractivity contribution in [3.8, 4) is 0 Å². The minimum absolute atomic E-state index is 0.157. The summed E-state index contributed by atoms with van der Waals surface area (Å²) in [4.78, 5) is 17.7. The summed E-state index contributed by atoms with van der Waals surface area (Å²) in [6.45, 7) is 10.1. The molecule has 1 aliphatic carbocycles. The Morgan fingerprint density at radius 3 is 2.59 bits per heavy atom. The van der Waals surface area contributed by atoms with Gasteiger partial charge in [-0.25, -0.2) is 0 Å². The van der Waals surface area contributed by atoms with E-state index in [4.69, 9.17) is 0 Å². The van der Waals surface area contributed by atoms with Gasteiger partial charge in [0.25, 0.3) is 0 Å². The average molecular weight is 302 g/mol. The molecule has 0 saturated carbocycles. The number of amides is 1. The first kappa shape index (κ1) is 15.8. The number of allylic oxidation sites excluding steroid dienone is 2. The molecule has 1 unspecified atom stereocenters. The monoisotopic (exact) mass is 302 g/mol. The fraction of sp³-hybridized carbons (Fsp3) is 0.737. The van der Waals surface area contributed by atoms with Crippen LogP contribution in [0.5, 0.6) is 0 Å². The molecule has 0 N–H and O–H groups in total. The lowest BCUT2D eigenvalue weighted by atomic mass is 9.76. The van der Waals surface area contributed by atoms with Crippen LogP contribution >= 0.6 is 0 Å². The number of hydrogen-bond donors (Lipinski definition) is 0. The molecule has 122 valence electrons. The largest absolute Gasteiger partial charge is 0.342 e. The summed E-state index contributed by atoms with van der Waals surface area (Å²) < 4.78 is 0. The predicted molar refractivity (Wildman–Crippen MR) is 90.6 cm³/mol. The van der Waals surface area contributed by atoms with Crippen molar-refractivity contribution in [3.63, 3.8) is 0 Å². The zero-order valence-electron chi connectivity index (χ0n) is 14.0. The van der Waals surface area contributed by atoms with Crippen molar-refractivity contribution in [2.45, 2.75) is 57.4 Å². The van der Waals surface area contributed by atoms with Crippen LogP contribution in [0.15, 0.2) is 24.8 Å². The van der Waals surface area contributed by atoms with E-state index in [2.05, 4.69) is 35.5 Å². The first-order chi connectivity index (χ1) is 10.6. The number of carbonyl (C=O) groups excluding carboxylic acids is 1. The smallest absolute Gasteiger partial charge is 0.228 e. The Balaban J connectivity index is 1.63. The lowest BCUT2D eigenvalue weighted by molar-refractivity contribution is -0.144. The summed E-state index contributed by atoms with van der Waals surface area (Å²) in [5, 5.41) is 0. The second-order valence-electron chi connectivity index (χ2n) is 7.63. The van der Waals surface area contributed by atoms with Gasteiger partial charge in [0.2, 0.25) is 5.91 Å². The summed E-state index contributed by atoms with van der Waals surface area (Å²) in [7, 11) is 0. The molecular weight excluding hydrogens is 272 g/mol. The van der Waals surface area contributed by atoms with Gasteiger partial charge in [0, 0.05) is 25.2 Å². The van der Waals surface area contributed by atoms with E-state index in [1.165, 1.54) is 19.4 Å². The molecule has 0 bridgehead atoms. The predicted octanol–water partition coefficient (Wildman–Crippen LogP) is 3.38. The molecule has 0 aromatic carbocycles. The molecule has 3 heteroatoms. The second-order valence-corrected chi connectivity index (χ2v) is 7.63. The maximum atomic E-state index is 12.9. The lowest BCUT2D eigenvalue weighted by Crippen LogP contribution is -2.55. The van der Waals surface area contributed by atoms with Crippen LogP contribution in [0.2, 0.25) is 0 Å². The molecule has 2 aliphatic heterocycles. The van der Waals surface area contributed by atoms with Gasteiger partial charge in [0.05, 0.1) is 5.41 Å². The van der Waals surface area contributed by atoms with Gasteiger partial charge in [-0.2, -0.15) is 0 Å². The number of rotatable bonds is 3. The number of nitrogens with zero attached hydrogens (tertiary/aromatic N) is 2. The molecule has 1 amide bonds. The molecule has 1 atom stereocenters. The summed E-state index contributed by atoms with van der Waals surface area (Å²) in [6, 6.07) is 0. The first-order valence-electron chi connectivity index (χ1n) is 8.90. The third kappa shape index (κ3) is 2.76. The summed E-state index contributed by atoms with van der Waals surface area (Å²) >= 11 is 0. The van der Waals surface area contributed by atoms with Crippen LogP contribution in [0.3, 0.4) is 0 Å². The highest BCUT2D eigenvalue weighted by Gasteiger charge is 2.45. The van der Waals surface area contributed by atoms with E-state index < -0.39 is 0 Å². The molecule has 2 heterocycles. The Bertz CT molecular complexity index is 462. The van der Waals surface area contributed by atoms with E-state index in [9.17, 15) is 4.79 Å². The van der Waals surface area contributed by atoms with E-state index >= 15 is 0 Å². The van der Waals surface area contributed by atoms with Gasteiger partial charge in [-0.15, -0.1) is 6.58 Å². The Kier molecular flexibility index (Phi) is 4.44. The van der Waals surface area contributed by atoms with Gasteiger partial charge < -0.3 is 4.90 Å². The van der Waals surface area contributed by atoms with Gasteiger partial charge in [-0.3, -0.25) is 9.69 Å². The van der Waals surface area contributed by atoms with Crippen molar-refractivity contribution in [1.82, 2.24) is 9.80 Å². The molecule has 3 rings (SSSR count). The van der Waals surface area contributed by atoms with E-state index in [0.29, 0.717) is 11.4 Å². The Labute approximate surface area is 135 Å². The average Bonchev–Trinajstić information content (AvgIpc) is 2.91. The highest BCUT2D eigenvalue weighted by molar-refractivity contribution is 5.82. The normalized spacial score (nSPS) is 31.6. The van der Waals surface area contributed by atoms with Crippen molar-refractivity contribution >= 4 is 5.91 Å². The summed E-state index contributed by atoms with van der Waals surface area (Å²) in [5.41, 5.74) is 0.189. The van der Waals surface area contributed by atoms with Crippen LogP contribution in [0.1, 0.15) is 51.9 Å². The highest BCUT2D eigenvalue weighted by Crippen LogP contribution is 2.40. The minimum Gasteiger partial charge on any atom is -0.342 e. The molecule has 2 fully saturated rings. The lowest BCUT2D eigenvalue weighted by Gasteiger charge is -2.46. The molecule has 1 spiro atoms. The fourth-order valence-electron chi connectivity index (χ4n) is 4.67. The van der Waals surface area contributed by atoms with E-state index in [-0.39, 0.29) is 5.41 Å². The van der Waals surface area contributed by atoms with Crippen molar-refractivity contribution < 1.29 is 4.79 Å². The highest BCUT2D eigenvalue weighted by atomic mass is 16.2. The number of likely N-dealkylation sites (tertiary alicyclic amines) is 2. The maximum absolute atomic E-state index is 12.9. The van der Waals surface area contributed by atoms with Crippen LogP contribution in [-0.2, 0) is 4.79 Å². The van der Waals surface area contributed by atoms with E-state index in [1.54, 1.807) is 0 Å². The van der Waals surface area contributed by atoms with Crippen LogP contribution in [0.25, 0.3) is 0 Å². The molecule has 2 saturated heterocycles.